The minimum absolute atomic E-state index is 0.204. The Morgan fingerprint density at radius 2 is 1.71 bits per heavy atom. The second kappa shape index (κ2) is 7.82. The van der Waals surface area contributed by atoms with E-state index < -0.39 is 0 Å². The molecular weight excluding hydrogens is 354 g/mol. The maximum absolute atomic E-state index is 12.7. The third-order valence-electron chi connectivity index (χ3n) is 5.22. The van der Waals surface area contributed by atoms with Gasteiger partial charge in [-0.15, -0.1) is 0 Å². The summed E-state index contributed by atoms with van der Waals surface area (Å²) in [6.07, 6.45) is 0. The number of nitrogens with zero attached hydrogens (tertiary/aromatic N) is 3. The zero-order valence-electron chi connectivity index (χ0n) is 15.8. The van der Waals surface area contributed by atoms with Crippen LogP contribution in [0.3, 0.4) is 0 Å². The average Bonchev–Trinajstić information content (AvgIpc) is 2.75. The van der Waals surface area contributed by atoms with E-state index in [2.05, 4.69) is 32.2 Å². The lowest BCUT2D eigenvalue weighted by Gasteiger charge is -2.35. The zero-order chi connectivity index (χ0) is 19.5. The fourth-order valence-corrected chi connectivity index (χ4v) is 3.56. The summed E-state index contributed by atoms with van der Waals surface area (Å²) < 4.78 is 0. The molecule has 0 saturated carbocycles. The van der Waals surface area contributed by atoms with Crippen LogP contribution in [0.4, 0.5) is 11.4 Å². The van der Waals surface area contributed by atoms with Crippen molar-refractivity contribution in [3.05, 3.63) is 64.6 Å². The fourth-order valence-electron chi connectivity index (χ4n) is 3.56. The summed E-state index contributed by atoms with van der Waals surface area (Å²) in [5, 5.41) is 10.2. The minimum Gasteiger partial charge on any atom is -0.369 e. The number of aromatic amines is 1. The van der Waals surface area contributed by atoms with Crippen LogP contribution in [0.15, 0.2) is 53.3 Å². The smallest absolute Gasteiger partial charge is 0.276 e. The van der Waals surface area contributed by atoms with E-state index in [4.69, 9.17) is 0 Å². The Balaban J connectivity index is 1.49. The number of amides is 1. The van der Waals surface area contributed by atoms with E-state index in [0.717, 1.165) is 38.4 Å². The summed E-state index contributed by atoms with van der Waals surface area (Å²) in [6, 6.07) is 14.8. The van der Waals surface area contributed by atoms with Crippen molar-refractivity contribution < 1.29 is 4.79 Å². The van der Waals surface area contributed by atoms with Crippen molar-refractivity contribution in [3.63, 3.8) is 0 Å². The molecular formula is C21H23N5O2. The van der Waals surface area contributed by atoms with Gasteiger partial charge < -0.3 is 15.1 Å². The summed E-state index contributed by atoms with van der Waals surface area (Å²) in [5.41, 5.74) is 1.74. The Bertz CT molecular complexity index is 1040. The number of fused-ring (bicyclic) bond motifs is 1. The van der Waals surface area contributed by atoms with Gasteiger partial charge in [0.2, 0.25) is 0 Å². The highest BCUT2D eigenvalue weighted by Crippen LogP contribution is 2.20. The molecule has 1 saturated heterocycles. The Morgan fingerprint density at radius 1 is 1.04 bits per heavy atom. The van der Waals surface area contributed by atoms with Crippen molar-refractivity contribution in [1.29, 1.82) is 0 Å². The number of hydrogen-bond acceptors (Lipinski definition) is 5. The van der Waals surface area contributed by atoms with Gasteiger partial charge in [0, 0.05) is 42.9 Å². The molecule has 0 atom stereocenters. The molecule has 0 radical (unpaired) electrons. The largest absolute Gasteiger partial charge is 0.369 e. The molecule has 7 heteroatoms. The van der Waals surface area contributed by atoms with Crippen molar-refractivity contribution in [1.82, 2.24) is 15.1 Å². The third kappa shape index (κ3) is 3.61. The van der Waals surface area contributed by atoms with Crippen LogP contribution >= 0.6 is 0 Å². The second-order valence-corrected chi connectivity index (χ2v) is 6.87. The first-order chi connectivity index (χ1) is 13.7. The van der Waals surface area contributed by atoms with Crippen LogP contribution in [0.25, 0.3) is 10.8 Å². The first-order valence-corrected chi connectivity index (χ1v) is 9.52. The second-order valence-electron chi connectivity index (χ2n) is 6.87. The number of nitrogens with one attached hydrogen (secondary N) is 2. The predicted octanol–water partition coefficient (Wildman–Crippen LogP) is 2.32. The maximum atomic E-state index is 12.7. The summed E-state index contributed by atoms with van der Waals surface area (Å²) in [7, 11) is 0. The van der Waals surface area contributed by atoms with Crippen LogP contribution in [-0.4, -0.2) is 53.7 Å². The monoisotopic (exact) mass is 377 g/mol. The number of rotatable bonds is 4. The fraction of sp³-hybridized carbons (Fsp3) is 0.286. The Morgan fingerprint density at radius 3 is 2.39 bits per heavy atom. The van der Waals surface area contributed by atoms with Crippen molar-refractivity contribution in [2.24, 2.45) is 0 Å². The highest BCUT2D eigenvalue weighted by atomic mass is 16.2. The lowest BCUT2D eigenvalue weighted by Crippen LogP contribution is -2.46. The lowest BCUT2D eigenvalue weighted by atomic mass is 10.1. The van der Waals surface area contributed by atoms with Crippen LogP contribution in [0.2, 0.25) is 0 Å². The number of carbonyl (C=O) groups excluding carboxylic acids is 1. The number of aromatic nitrogens is 2. The molecule has 28 heavy (non-hydrogen) atoms. The first kappa shape index (κ1) is 18.2. The number of benzene rings is 2. The minimum atomic E-state index is -0.350. The highest BCUT2D eigenvalue weighted by molar-refractivity contribution is 6.11. The molecule has 0 bridgehead atoms. The van der Waals surface area contributed by atoms with Gasteiger partial charge in [0.25, 0.3) is 11.5 Å². The van der Waals surface area contributed by atoms with Crippen molar-refractivity contribution in [2.75, 3.05) is 42.9 Å². The number of anilines is 2. The van der Waals surface area contributed by atoms with E-state index in [1.807, 2.05) is 24.3 Å². The van der Waals surface area contributed by atoms with E-state index in [0.29, 0.717) is 16.5 Å². The predicted molar refractivity (Wildman–Crippen MR) is 111 cm³/mol. The van der Waals surface area contributed by atoms with Crippen LogP contribution < -0.4 is 15.8 Å². The standard InChI is InChI=1S/C21H23N5O2/c1-2-25-11-13-26(14-12-25)16-9-7-15(8-10-16)22-21(28)19-17-5-3-4-6-18(17)20(27)24-23-19/h3-10H,2,11-14H2,1H3,(H,22,28)(H,24,27). The van der Waals surface area contributed by atoms with Gasteiger partial charge in [-0.2, -0.15) is 5.10 Å². The first-order valence-electron chi connectivity index (χ1n) is 9.52. The van der Waals surface area contributed by atoms with Gasteiger partial charge in [0.1, 0.15) is 0 Å². The molecule has 144 valence electrons. The van der Waals surface area contributed by atoms with E-state index >= 15 is 0 Å². The average molecular weight is 377 g/mol. The normalized spacial score (nSPS) is 15.0. The zero-order valence-corrected chi connectivity index (χ0v) is 15.8. The van der Waals surface area contributed by atoms with Crippen LogP contribution in [0.5, 0.6) is 0 Å². The molecule has 1 aromatic heterocycles. The molecule has 3 aromatic rings. The lowest BCUT2D eigenvalue weighted by molar-refractivity contribution is 0.102. The van der Waals surface area contributed by atoms with Gasteiger partial charge in [-0.05, 0) is 36.9 Å². The molecule has 0 unspecified atom stereocenters. The molecule has 1 aliphatic heterocycles. The molecule has 2 heterocycles. The van der Waals surface area contributed by atoms with Gasteiger partial charge in [-0.3, -0.25) is 9.59 Å². The summed E-state index contributed by atoms with van der Waals surface area (Å²) in [4.78, 5) is 29.4. The van der Waals surface area contributed by atoms with Gasteiger partial charge in [-0.25, -0.2) is 5.10 Å². The molecule has 1 aliphatic rings. The highest BCUT2D eigenvalue weighted by Gasteiger charge is 2.17. The Hall–Kier alpha value is -3.19. The Labute approximate surface area is 163 Å². The number of carbonyl (C=O) groups is 1. The summed E-state index contributed by atoms with van der Waals surface area (Å²) in [5.74, 6) is -0.350. The molecule has 1 fully saturated rings. The number of H-pyrrole nitrogens is 1. The van der Waals surface area contributed by atoms with Crippen LogP contribution in [0, 0.1) is 0 Å². The van der Waals surface area contributed by atoms with Gasteiger partial charge >= 0.3 is 0 Å². The van der Waals surface area contributed by atoms with E-state index in [1.54, 1.807) is 24.3 Å². The van der Waals surface area contributed by atoms with Gasteiger partial charge in [-0.1, -0.05) is 25.1 Å². The molecule has 2 aromatic carbocycles. The molecule has 7 nitrogen and oxygen atoms in total. The van der Waals surface area contributed by atoms with Crippen molar-refractivity contribution in [2.45, 2.75) is 6.92 Å². The summed E-state index contributed by atoms with van der Waals surface area (Å²) >= 11 is 0. The topological polar surface area (TPSA) is 81.3 Å². The number of hydrogen-bond donors (Lipinski definition) is 2. The quantitative estimate of drug-likeness (QED) is 0.729. The van der Waals surface area contributed by atoms with Crippen LogP contribution in [-0.2, 0) is 0 Å². The van der Waals surface area contributed by atoms with Crippen molar-refractivity contribution >= 4 is 28.1 Å². The van der Waals surface area contributed by atoms with Gasteiger partial charge in [0.05, 0.1) is 5.39 Å². The SMILES string of the molecule is CCN1CCN(c2ccc(NC(=O)c3n[nH]c(=O)c4ccccc34)cc2)CC1. The van der Waals surface area contributed by atoms with Gasteiger partial charge in [0.15, 0.2) is 5.69 Å². The Kier molecular flexibility index (Phi) is 5.08. The molecule has 0 spiro atoms. The molecule has 0 aliphatic carbocycles. The molecule has 1 amide bonds. The molecule has 4 rings (SSSR count). The van der Waals surface area contributed by atoms with E-state index in [9.17, 15) is 9.59 Å². The molecule has 2 N–H and O–H groups in total. The third-order valence-corrected chi connectivity index (χ3v) is 5.22. The maximum Gasteiger partial charge on any atom is 0.276 e. The van der Waals surface area contributed by atoms with E-state index in [-0.39, 0.29) is 17.2 Å². The number of piperazine rings is 1. The van der Waals surface area contributed by atoms with Crippen LogP contribution in [0.1, 0.15) is 17.4 Å². The number of likely N-dealkylation sites (N-methyl/N-ethyl adjacent to an activating group) is 1. The van der Waals surface area contributed by atoms with Crippen molar-refractivity contribution in [3.8, 4) is 0 Å². The van der Waals surface area contributed by atoms with E-state index in [1.165, 1.54) is 0 Å². The summed E-state index contributed by atoms with van der Waals surface area (Å²) in [6.45, 7) is 7.43.